The Labute approximate surface area is 97.0 Å². The Morgan fingerprint density at radius 1 is 1.41 bits per heavy atom. The molecule has 0 radical (unpaired) electrons. The van der Waals surface area contributed by atoms with Crippen LogP contribution < -0.4 is 0 Å². The highest BCUT2D eigenvalue weighted by atomic mass is 19.3. The molecule has 1 aliphatic heterocycles. The molecule has 1 aliphatic rings. The first-order chi connectivity index (χ1) is 7.70. The van der Waals surface area contributed by atoms with Crippen molar-refractivity contribution in [3.05, 3.63) is 0 Å². The summed E-state index contributed by atoms with van der Waals surface area (Å²) >= 11 is 0. The Morgan fingerprint density at radius 2 is 2.00 bits per heavy atom. The lowest BCUT2D eigenvalue weighted by Gasteiger charge is -2.17. The molecule has 1 heterocycles. The Kier molecular flexibility index (Phi) is 3.90. The van der Waals surface area contributed by atoms with E-state index in [1.807, 2.05) is 0 Å². The van der Waals surface area contributed by atoms with Gasteiger partial charge in [0.15, 0.2) is 0 Å². The van der Waals surface area contributed by atoms with Gasteiger partial charge in [0.2, 0.25) is 5.92 Å². The summed E-state index contributed by atoms with van der Waals surface area (Å²) in [5.41, 5.74) is 0. The number of carbonyl (C=O) groups is 2. The van der Waals surface area contributed by atoms with Crippen molar-refractivity contribution in [2.75, 3.05) is 6.54 Å². The second kappa shape index (κ2) is 4.85. The third kappa shape index (κ3) is 3.83. The van der Waals surface area contributed by atoms with Crippen LogP contribution in [0.1, 0.15) is 26.2 Å². The lowest BCUT2D eigenvalue weighted by Crippen LogP contribution is -2.39. The summed E-state index contributed by atoms with van der Waals surface area (Å²) in [6.07, 6.45) is -1.42. The van der Waals surface area contributed by atoms with Gasteiger partial charge in [-0.1, -0.05) is 0 Å². The van der Waals surface area contributed by atoms with Crippen molar-refractivity contribution in [3.63, 3.8) is 0 Å². The van der Waals surface area contributed by atoms with Gasteiger partial charge in [-0.25, -0.2) is 18.4 Å². The van der Waals surface area contributed by atoms with Crippen molar-refractivity contribution >= 4 is 12.1 Å². The minimum atomic E-state index is -2.80. The second-order valence-electron chi connectivity index (χ2n) is 4.50. The van der Waals surface area contributed by atoms with Gasteiger partial charge < -0.3 is 10.2 Å². The highest BCUT2D eigenvalue weighted by molar-refractivity contribution is 5.80. The minimum Gasteiger partial charge on any atom is -0.480 e. The lowest BCUT2D eigenvalue weighted by molar-refractivity contribution is -0.141. The van der Waals surface area contributed by atoms with E-state index in [4.69, 9.17) is 10.2 Å². The molecule has 1 amide bonds. The van der Waals surface area contributed by atoms with E-state index in [0.717, 1.165) is 11.8 Å². The number of alkyl halides is 2. The van der Waals surface area contributed by atoms with Crippen molar-refractivity contribution < 1.29 is 28.6 Å². The van der Waals surface area contributed by atoms with Gasteiger partial charge in [0, 0.05) is 13.0 Å². The van der Waals surface area contributed by atoms with Crippen molar-refractivity contribution in [1.29, 1.82) is 0 Å². The number of carboxylic acid groups (broad SMARTS) is 2. The van der Waals surface area contributed by atoms with Gasteiger partial charge in [0.25, 0.3) is 0 Å². The van der Waals surface area contributed by atoms with Crippen molar-refractivity contribution in [1.82, 2.24) is 4.90 Å². The van der Waals surface area contributed by atoms with Gasteiger partial charge in [0.05, 0.1) is 0 Å². The predicted molar refractivity (Wildman–Crippen MR) is 54.1 cm³/mol. The van der Waals surface area contributed by atoms with Gasteiger partial charge in [-0.3, -0.25) is 4.90 Å². The highest BCUT2D eigenvalue weighted by Crippen LogP contribution is 2.30. The van der Waals surface area contributed by atoms with E-state index in [0.29, 0.717) is 0 Å². The van der Waals surface area contributed by atoms with Crippen LogP contribution in [0.3, 0.4) is 0 Å². The number of aliphatic carboxylic acids is 1. The molecule has 1 saturated heterocycles. The van der Waals surface area contributed by atoms with Crippen molar-refractivity contribution in [3.8, 4) is 0 Å². The van der Waals surface area contributed by atoms with Crippen molar-refractivity contribution in [2.45, 2.75) is 38.2 Å². The molecule has 0 bridgehead atoms. The molecule has 2 N–H and O–H groups in total. The van der Waals surface area contributed by atoms with Crippen LogP contribution in [0.5, 0.6) is 0 Å². The summed E-state index contributed by atoms with van der Waals surface area (Å²) in [6.45, 7) is 0.813. The molecule has 98 valence electrons. The highest BCUT2D eigenvalue weighted by Gasteiger charge is 2.40. The van der Waals surface area contributed by atoms with Crippen LogP contribution in [0.15, 0.2) is 0 Å². The number of likely N-dealkylation sites (tertiary alicyclic amines) is 1. The normalized spacial score (nSPS) is 25.0. The van der Waals surface area contributed by atoms with Gasteiger partial charge in [0.1, 0.15) is 6.04 Å². The van der Waals surface area contributed by atoms with Crippen LogP contribution in [0.2, 0.25) is 0 Å². The smallest absolute Gasteiger partial charge is 0.408 e. The Balaban J connectivity index is 2.57. The molecule has 17 heavy (non-hydrogen) atoms. The summed E-state index contributed by atoms with van der Waals surface area (Å²) in [4.78, 5) is 22.4. The first-order valence-corrected chi connectivity index (χ1v) is 5.31. The molecule has 0 aromatic carbocycles. The molecular weight excluding hydrogens is 236 g/mol. The van der Waals surface area contributed by atoms with E-state index >= 15 is 0 Å². The maximum Gasteiger partial charge on any atom is 0.408 e. The van der Waals surface area contributed by atoms with E-state index in [9.17, 15) is 18.4 Å². The van der Waals surface area contributed by atoms with Crippen LogP contribution in [0, 0.1) is 5.92 Å². The first kappa shape index (κ1) is 13.7. The van der Waals surface area contributed by atoms with E-state index in [1.165, 1.54) is 0 Å². The Hall–Kier alpha value is -1.40. The van der Waals surface area contributed by atoms with E-state index in [-0.39, 0.29) is 31.7 Å². The predicted octanol–water partition coefficient (Wildman–Crippen LogP) is 1.87. The van der Waals surface area contributed by atoms with Crippen LogP contribution in [0.25, 0.3) is 0 Å². The quantitative estimate of drug-likeness (QED) is 0.799. The van der Waals surface area contributed by atoms with Gasteiger partial charge >= 0.3 is 12.1 Å². The SMILES string of the molecule is CC(F)(F)CCC1CC(C(=O)O)N(C(=O)O)C1. The standard InChI is InChI=1S/C10H15F2NO4/c1-10(11,12)3-2-6-4-7(8(14)15)13(5-6)9(16)17/h6-7H,2-5H2,1H3,(H,14,15)(H,16,17). The molecule has 1 rings (SSSR count). The largest absolute Gasteiger partial charge is 0.480 e. The molecule has 5 nitrogen and oxygen atoms in total. The van der Waals surface area contributed by atoms with Crippen molar-refractivity contribution in [2.24, 2.45) is 5.92 Å². The molecular formula is C10H15F2NO4. The summed E-state index contributed by atoms with van der Waals surface area (Å²) in [6, 6.07) is -1.11. The van der Waals surface area contributed by atoms with E-state index < -0.39 is 24.0 Å². The van der Waals surface area contributed by atoms with Gasteiger partial charge in [-0.05, 0) is 25.7 Å². The summed E-state index contributed by atoms with van der Waals surface area (Å²) < 4.78 is 25.3. The third-order valence-electron chi connectivity index (χ3n) is 2.91. The Bertz CT molecular complexity index is 294. The lowest BCUT2D eigenvalue weighted by atomic mass is 9.98. The van der Waals surface area contributed by atoms with Crippen LogP contribution in [0.4, 0.5) is 13.6 Å². The molecule has 2 unspecified atom stereocenters. The number of halogens is 2. The summed E-state index contributed by atoms with van der Waals surface area (Å²) in [5.74, 6) is -4.33. The molecule has 0 spiro atoms. The van der Waals surface area contributed by atoms with Crippen LogP contribution in [-0.2, 0) is 4.79 Å². The number of hydrogen-bond acceptors (Lipinski definition) is 2. The maximum atomic E-state index is 12.6. The summed E-state index contributed by atoms with van der Waals surface area (Å²) in [5, 5.41) is 17.6. The average Bonchev–Trinajstić information content (AvgIpc) is 2.57. The molecule has 0 aromatic rings. The van der Waals surface area contributed by atoms with Gasteiger partial charge in [-0.2, -0.15) is 0 Å². The van der Waals surface area contributed by atoms with E-state index in [1.54, 1.807) is 0 Å². The minimum absolute atomic E-state index is 0.0162. The number of rotatable bonds is 4. The third-order valence-corrected chi connectivity index (χ3v) is 2.91. The number of nitrogens with zero attached hydrogens (tertiary/aromatic N) is 1. The zero-order valence-corrected chi connectivity index (χ0v) is 9.40. The number of amides is 1. The fraction of sp³-hybridized carbons (Fsp3) is 0.800. The molecule has 0 aromatic heterocycles. The molecule has 2 atom stereocenters. The van der Waals surface area contributed by atoms with Crippen LogP contribution >= 0.6 is 0 Å². The zero-order valence-electron chi connectivity index (χ0n) is 9.40. The molecule has 7 heteroatoms. The molecule has 0 saturated carbocycles. The van der Waals surface area contributed by atoms with Crippen LogP contribution in [-0.4, -0.2) is 45.7 Å². The average molecular weight is 251 g/mol. The first-order valence-electron chi connectivity index (χ1n) is 5.31. The monoisotopic (exact) mass is 251 g/mol. The molecule has 0 aliphatic carbocycles. The van der Waals surface area contributed by atoms with E-state index in [2.05, 4.69) is 0 Å². The topological polar surface area (TPSA) is 77.8 Å². The second-order valence-corrected chi connectivity index (χ2v) is 4.50. The fourth-order valence-corrected chi connectivity index (χ4v) is 2.04. The molecule has 1 fully saturated rings. The zero-order chi connectivity index (χ0) is 13.2. The number of carboxylic acids is 1. The maximum absolute atomic E-state index is 12.6. The van der Waals surface area contributed by atoms with Gasteiger partial charge in [-0.15, -0.1) is 0 Å². The Morgan fingerprint density at radius 3 is 2.35 bits per heavy atom. The number of hydrogen-bond donors (Lipinski definition) is 2. The fourth-order valence-electron chi connectivity index (χ4n) is 2.04. The summed E-state index contributed by atoms with van der Waals surface area (Å²) in [7, 11) is 0.